The van der Waals surface area contributed by atoms with Gasteiger partial charge in [0.15, 0.2) is 5.84 Å². The molecule has 0 spiro atoms. The summed E-state index contributed by atoms with van der Waals surface area (Å²) in [5.74, 6) is -0.363. The van der Waals surface area contributed by atoms with Crippen molar-refractivity contribution >= 4 is 28.7 Å². The summed E-state index contributed by atoms with van der Waals surface area (Å²) in [6.45, 7) is 2.00. The number of fused-ring (bicyclic) bond motifs is 3. The first kappa shape index (κ1) is 20.7. The molecule has 1 aromatic heterocycles. The highest BCUT2D eigenvalue weighted by Crippen LogP contribution is 2.45. The van der Waals surface area contributed by atoms with Crippen LogP contribution in [0.25, 0.3) is 0 Å². The van der Waals surface area contributed by atoms with E-state index in [1.54, 1.807) is 6.92 Å². The van der Waals surface area contributed by atoms with Gasteiger partial charge in [0.1, 0.15) is 0 Å². The number of hydrogen-bond donors (Lipinski definition) is 3. The number of alkyl halides is 3. The average Bonchev–Trinajstić information content (AvgIpc) is 3.12. The zero-order valence-corrected chi connectivity index (χ0v) is 16.0. The maximum absolute atomic E-state index is 13.0. The lowest BCUT2D eigenvalue weighted by atomic mass is 9.61. The van der Waals surface area contributed by atoms with Crippen LogP contribution < -0.4 is 5.32 Å². The zero-order chi connectivity index (χ0) is 20.5. The topological polar surface area (TPSA) is 90.3 Å². The first-order chi connectivity index (χ1) is 13.2. The fourth-order valence-corrected chi connectivity index (χ4v) is 4.44. The number of nitrogens with one attached hydrogen (secondary N) is 3. The van der Waals surface area contributed by atoms with E-state index in [4.69, 9.17) is 21.7 Å². The summed E-state index contributed by atoms with van der Waals surface area (Å²) in [7, 11) is 0. The van der Waals surface area contributed by atoms with Gasteiger partial charge in [-0.2, -0.15) is 18.2 Å². The summed E-state index contributed by atoms with van der Waals surface area (Å²) >= 11 is 5.59. The van der Waals surface area contributed by atoms with E-state index in [0.717, 1.165) is 37.9 Å². The molecule has 3 N–H and O–H groups in total. The van der Waals surface area contributed by atoms with Crippen molar-refractivity contribution < 1.29 is 22.7 Å². The minimum absolute atomic E-state index is 0.0161. The largest absolute Gasteiger partial charge is 0.466 e. The van der Waals surface area contributed by atoms with Crippen LogP contribution in [0.15, 0.2) is 17.3 Å². The van der Waals surface area contributed by atoms with Gasteiger partial charge in [-0.1, -0.05) is 0 Å². The molecule has 1 unspecified atom stereocenters. The van der Waals surface area contributed by atoms with Gasteiger partial charge in [-0.05, 0) is 62.1 Å². The van der Waals surface area contributed by atoms with Crippen LogP contribution in [0.4, 0.5) is 13.2 Å². The molecular weight excluding hydrogens is 397 g/mol. The van der Waals surface area contributed by atoms with Crippen molar-refractivity contribution in [3.8, 4) is 0 Å². The first-order valence-corrected chi connectivity index (χ1v) is 9.60. The lowest BCUT2D eigenvalue weighted by Crippen LogP contribution is -2.56. The van der Waals surface area contributed by atoms with Gasteiger partial charge in [0.05, 0.1) is 23.8 Å². The molecule has 3 aliphatic rings. The maximum atomic E-state index is 13.0. The highest BCUT2D eigenvalue weighted by Gasteiger charge is 2.48. The summed E-state index contributed by atoms with van der Waals surface area (Å²) in [4.78, 5) is 18.9. The minimum atomic E-state index is -4.51. The summed E-state index contributed by atoms with van der Waals surface area (Å²) in [5, 5.41) is 9.98. The lowest BCUT2D eigenvalue weighted by Gasteiger charge is -2.47. The zero-order valence-electron chi connectivity index (χ0n) is 15.3. The Morgan fingerprint density at radius 3 is 2.54 bits per heavy atom. The van der Waals surface area contributed by atoms with Gasteiger partial charge in [0.25, 0.3) is 0 Å². The fraction of sp³-hybridized carbons (Fsp3) is 0.611. The van der Waals surface area contributed by atoms with Crippen molar-refractivity contribution in [2.75, 3.05) is 6.61 Å². The molecule has 2 atom stereocenters. The molecule has 2 bridgehead atoms. The number of halogens is 4. The normalized spacial score (nSPS) is 27.5. The molecule has 154 valence electrons. The number of ether oxygens (including phenoxy) is 1. The number of carbonyl (C=O) groups excluding carboxylic acids is 1. The van der Waals surface area contributed by atoms with Crippen molar-refractivity contribution in [3.63, 3.8) is 0 Å². The number of H-pyrrole nitrogens is 1. The second kappa shape index (κ2) is 8.14. The van der Waals surface area contributed by atoms with Gasteiger partial charge in [-0.25, -0.2) is 0 Å². The molecule has 0 amide bonds. The molecule has 0 saturated heterocycles. The molecule has 28 heavy (non-hydrogen) atoms. The minimum Gasteiger partial charge on any atom is -0.466 e. The van der Waals surface area contributed by atoms with E-state index in [1.165, 1.54) is 0 Å². The van der Waals surface area contributed by atoms with E-state index in [1.807, 2.05) is 0 Å². The molecule has 10 heteroatoms. The fourth-order valence-electron chi connectivity index (χ4n) is 4.36. The average molecular weight is 419 g/mol. The Kier molecular flexibility index (Phi) is 6.02. The number of esters is 1. The Morgan fingerprint density at radius 1 is 1.36 bits per heavy atom. The van der Waals surface area contributed by atoms with Crippen LogP contribution in [-0.4, -0.2) is 34.7 Å². The Labute approximate surface area is 165 Å². The highest BCUT2D eigenvalue weighted by atomic mass is 35.5. The van der Waals surface area contributed by atoms with E-state index < -0.39 is 23.0 Å². The smallest absolute Gasteiger partial charge is 0.417 e. The molecule has 1 heterocycles. The maximum Gasteiger partial charge on any atom is 0.417 e. The monoisotopic (exact) mass is 418 g/mol. The molecule has 0 radical (unpaired) electrons. The number of nitrogens with zero attached hydrogens (tertiary/aromatic N) is 1. The van der Waals surface area contributed by atoms with E-state index in [2.05, 4.69) is 15.3 Å². The molecule has 3 aliphatic carbocycles. The third-order valence-corrected chi connectivity index (χ3v) is 5.64. The van der Waals surface area contributed by atoms with Gasteiger partial charge in [-0.15, -0.1) is 0 Å². The van der Waals surface area contributed by atoms with E-state index >= 15 is 0 Å². The molecule has 0 aromatic carbocycles. The second-order valence-corrected chi connectivity index (χ2v) is 7.53. The van der Waals surface area contributed by atoms with E-state index in [-0.39, 0.29) is 42.0 Å². The number of rotatable bonds is 4. The van der Waals surface area contributed by atoms with Crippen molar-refractivity contribution in [2.45, 2.75) is 44.8 Å². The molecule has 4 rings (SSSR count). The lowest BCUT2D eigenvalue weighted by molar-refractivity contribution is -0.155. The number of aromatic nitrogens is 1. The van der Waals surface area contributed by atoms with E-state index in [0.29, 0.717) is 0 Å². The van der Waals surface area contributed by atoms with Crippen LogP contribution in [0.1, 0.15) is 43.9 Å². The predicted molar refractivity (Wildman–Crippen MR) is 98.4 cm³/mol. The van der Waals surface area contributed by atoms with E-state index in [9.17, 15) is 18.0 Å². The van der Waals surface area contributed by atoms with Crippen molar-refractivity contribution in [2.24, 2.45) is 22.7 Å². The molecule has 6 nitrogen and oxygen atoms in total. The van der Waals surface area contributed by atoms with Gasteiger partial charge in [-0.3, -0.25) is 10.2 Å². The molecule has 0 aliphatic heterocycles. The van der Waals surface area contributed by atoms with Crippen molar-refractivity contribution in [1.82, 2.24) is 10.3 Å². The molecule has 3 fully saturated rings. The Hall–Kier alpha value is -2.03. The second-order valence-electron chi connectivity index (χ2n) is 7.17. The standard InChI is InChI=1S/C18H22ClF3N4O2/c1-2-28-16(27)13-9-3-5-10(6-4-9)14(13)25-15(26-17(19)23)12-7-11(8-24-12)18(20,21)22/h7-10,13-14,24H,2-6H2,1H3,(H2,23,25,26)/t9-,10+,13-,14?/m0/s1. The summed E-state index contributed by atoms with van der Waals surface area (Å²) < 4.78 is 44.1. The first-order valence-electron chi connectivity index (χ1n) is 9.22. The number of aliphatic imine (C=N–C) groups is 1. The Morgan fingerprint density at radius 2 is 2.00 bits per heavy atom. The van der Waals surface area contributed by atoms with Crippen LogP contribution >= 0.6 is 11.6 Å². The molecule has 1 aromatic rings. The van der Waals surface area contributed by atoms with Crippen LogP contribution in [-0.2, 0) is 15.7 Å². The Balaban J connectivity index is 1.90. The Bertz CT molecular complexity index is 769. The number of hydrogen-bond acceptors (Lipinski definition) is 3. The summed E-state index contributed by atoms with van der Waals surface area (Å²) in [5.41, 5.74) is -0.799. The number of aromatic amines is 1. The number of carbonyl (C=O) groups is 1. The van der Waals surface area contributed by atoms with Crippen LogP contribution in [0.2, 0.25) is 0 Å². The quantitative estimate of drug-likeness (QED) is 0.299. The third-order valence-electron chi connectivity index (χ3n) is 5.56. The van der Waals surface area contributed by atoms with Crippen LogP contribution in [0.5, 0.6) is 0 Å². The number of amidine groups is 2. The van der Waals surface area contributed by atoms with Gasteiger partial charge >= 0.3 is 12.1 Å². The van der Waals surface area contributed by atoms with Gasteiger partial charge in [0, 0.05) is 12.2 Å². The molecule has 3 saturated carbocycles. The van der Waals surface area contributed by atoms with Crippen molar-refractivity contribution in [3.05, 3.63) is 23.5 Å². The van der Waals surface area contributed by atoms with Crippen molar-refractivity contribution in [1.29, 1.82) is 5.41 Å². The molecular formula is C18H22ClF3N4O2. The van der Waals surface area contributed by atoms with Gasteiger partial charge < -0.3 is 15.0 Å². The predicted octanol–water partition coefficient (Wildman–Crippen LogP) is 3.91. The van der Waals surface area contributed by atoms with Crippen LogP contribution in [0, 0.1) is 23.2 Å². The third kappa shape index (κ3) is 4.34. The SMILES string of the molecule is CCOC(=O)[C@@H]1C(N/C(=N/C(=N)Cl)c2cc(C(F)(F)F)c[nH]2)[C@H]2CC[C@@H]1CC2. The summed E-state index contributed by atoms with van der Waals surface area (Å²) in [6.07, 6.45) is 0.00633. The highest BCUT2D eigenvalue weighted by molar-refractivity contribution is 6.64. The van der Waals surface area contributed by atoms with Crippen LogP contribution in [0.3, 0.4) is 0 Å². The van der Waals surface area contributed by atoms with Gasteiger partial charge in [0.2, 0.25) is 5.29 Å². The summed E-state index contributed by atoms with van der Waals surface area (Å²) in [6, 6.07) is 0.575.